The minimum atomic E-state index is -0.0769. The van der Waals surface area contributed by atoms with Crippen molar-refractivity contribution in [3.8, 4) is 5.88 Å². The van der Waals surface area contributed by atoms with Gasteiger partial charge in [-0.2, -0.15) is 0 Å². The molecule has 0 fully saturated rings. The van der Waals surface area contributed by atoms with Gasteiger partial charge in [-0.3, -0.25) is 0 Å². The van der Waals surface area contributed by atoms with Crippen molar-refractivity contribution >= 4 is 0 Å². The quantitative estimate of drug-likeness (QED) is 0.834. The molecule has 90 valence electrons. The van der Waals surface area contributed by atoms with Crippen LogP contribution < -0.4 is 10.1 Å². The van der Waals surface area contributed by atoms with E-state index in [0.29, 0.717) is 5.88 Å². The van der Waals surface area contributed by atoms with E-state index in [2.05, 4.69) is 20.3 Å². The number of aryl methyl sites for hydroxylation is 1. The van der Waals surface area contributed by atoms with E-state index in [1.807, 2.05) is 24.9 Å². The lowest BCUT2D eigenvalue weighted by molar-refractivity contribution is 0.394. The number of methoxy groups -OCH3 is 1. The molecule has 0 aliphatic heterocycles. The molecule has 0 aromatic carbocycles. The molecular weight excluding hydrogens is 218 g/mol. The zero-order valence-corrected chi connectivity index (χ0v) is 10.1. The number of hydrogen-bond donors (Lipinski definition) is 1. The second-order valence-electron chi connectivity index (χ2n) is 3.60. The second-order valence-corrected chi connectivity index (χ2v) is 3.60. The summed E-state index contributed by atoms with van der Waals surface area (Å²) in [4.78, 5) is 12.6. The van der Waals surface area contributed by atoms with E-state index in [1.165, 1.54) is 6.33 Å². The molecule has 2 heterocycles. The molecule has 1 atom stereocenters. The fraction of sp³-hybridized carbons (Fsp3) is 0.364. The third-order valence-corrected chi connectivity index (χ3v) is 2.57. The Morgan fingerprint density at radius 2 is 2.18 bits per heavy atom. The topological polar surface area (TPSA) is 64.9 Å². The second kappa shape index (κ2) is 4.92. The van der Waals surface area contributed by atoms with Crippen molar-refractivity contribution in [2.75, 3.05) is 14.2 Å². The van der Waals surface area contributed by atoms with E-state index < -0.39 is 0 Å². The summed E-state index contributed by atoms with van der Waals surface area (Å²) in [5.41, 5.74) is 0.827. The average molecular weight is 233 g/mol. The molecule has 1 N–H and O–H groups in total. The van der Waals surface area contributed by atoms with Gasteiger partial charge in [0, 0.05) is 25.5 Å². The van der Waals surface area contributed by atoms with Crippen LogP contribution in [0.1, 0.15) is 17.6 Å². The van der Waals surface area contributed by atoms with Crippen molar-refractivity contribution in [3.63, 3.8) is 0 Å². The van der Waals surface area contributed by atoms with Crippen LogP contribution in [0.5, 0.6) is 5.88 Å². The Morgan fingerprint density at radius 3 is 2.76 bits per heavy atom. The van der Waals surface area contributed by atoms with Gasteiger partial charge < -0.3 is 14.6 Å². The number of nitrogens with one attached hydrogen (secondary N) is 1. The van der Waals surface area contributed by atoms with Gasteiger partial charge in [0.1, 0.15) is 18.2 Å². The van der Waals surface area contributed by atoms with E-state index in [1.54, 1.807) is 19.4 Å². The molecule has 0 amide bonds. The van der Waals surface area contributed by atoms with Crippen LogP contribution in [-0.4, -0.2) is 33.7 Å². The highest BCUT2D eigenvalue weighted by Crippen LogP contribution is 2.19. The van der Waals surface area contributed by atoms with Crippen molar-refractivity contribution in [1.29, 1.82) is 0 Å². The molecule has 0 spiro atoms. The minimum absolute atomic E-state index is 0.0769. The molecule has 2 rings (SSSR count). The first-order valence-electron chi connectivity index (χ1n) is 5.26. The van der Waals surface area contributed by atoms with Crippen LogP contribution >= 0.6 is 0 Å². The van der Waals surface area contributed by atoms with Gasteiger partial charge in [-0.1, -0.05) is 0 Å². The van der Waals surface area contributed by atoms with Gasteiger partial charge in [0.15, 0.2) is 0 Å². The zero-order chi connectivity index (χ0) is 12.3. The summed E-state index contributed by atoms with van der Waals surface area (Å²) in [7, 11) is 5.40. The summed E-state index contributed by atoms with van der Waals surface area (Å²) in [6, 6.07) is 1.72. The lowest BCUT2D eigenvalue weighted by Gasteiger charge is -2.15. The molecule has 0 radical (unpaired) electrons. The molecule has 0 bridgehead atoms. The first-order chi connectivity index (χ1) is 8.26. The van der Waals surface area contributed by atoms with Crippen LogP contribution in [-0.2, 0) is 7.05 Å². The summed E-state index contributed by atoms with van der Waals surface area (Å²) in [6.07, 6.45) is 5.15. The molecule has 6 heteroatoms. The molecule has 0 saturated heterocycles. The lowest BCUT2D eigenvalue weighted by Crippen LogP contribution is -2.22. The normalized spacial score (nSPS) is 12.4. The fourth-order valence-corrected chi connectivity index (χ4v) is 1.69. The standard InChI is InChI=1S/C11H15N5O/c1-12-10(11-13-4-5-16(11)2)8-6-9(17-3)15-7-14-8/h4-7,10,12H,1-3H3. The summed E-state index contributed by atoms with van der Waals surface area (Å²) in [5, 5.41) is 3.18. The Balaban J connectivity index is 2.38. The minimum Gasteiger partial charge on any atom is -0.481 e. The van der Waals surface area contributed by atoms with Crippen LogP contribution in [0.15, 0.2) is 24.8 Å². The highest BCUT2D eigenvalue weighted by atomic mass is 16.5. The SMILES string of the molecule is CNC(c1cc(OC)ncn1)c1nccn1C. The molecule has 1 unspecified atom stereocenters. The van der Waals surface area contributed by atoms with Crippen molar-refractivity contribution in [1.82, 2.24) is 24.8 Å². The lowest BCUT2D eigenvalue weighted by atomic mass is 10.2. The van der Waals surface area contributed by atoms with Crippen LogP contribution in [0, 0.1) is 0 Å². The number of nitrogens with zero attached hydrogens (tertiary/aromatic N) is 4. The third-order valence-electron chi connectivity index (χ3n) is 2.57. The van der Waals surface area contributed by atoms with Gasteiger partial charge in [-0.15, -0.1) is 0 Å². The van der Waals surface area contributed by atoms with E-state index in [-0.39, 0.29) is 6.04 Å². The predicted molar refractivity (Wildman–Crippen MR) is 62.7 cm³/mol. The van der Waals surface area contributed by atoms with Gasteiger partial charge in [0.05, 0.1) is 12.8 Å². The highest BCUT2D eigenvalue weighted by molar-refractivity contribution is 5.22. The molecule has 6 nitrogen and oxygen atoms in total. The maximum Gasteiger partial charge on any atom is 0.216 e. The van der Waals surface area contributed by atoms with Gasteiger partial charge >= 0.3 is 0 Å². The highest BCUT2D eigenvalue weighted by Gasteiger charge is 2.18. The molecular formula is C11H15N5O. The largest absolute Gasteiger partial charge is 0.481 e. The molecule has 17 heavy (non-hydrogen) atoms. The first kappa shape index (κ1) is 11.5. The van der Waals surface area contributed by atoms with E-state index in [4.69, 9.17) is 4.74 Å². The number of ether oxygens (including phenoxy) is 1. The molecule has 2 aromatic rings. The monoisotopic (exact) mass is 233 g/mol. The average Bonchev–Trinajstić information content (AvgIpc) is 2.77. The van der Waals surface area contributed by atoms with Crippen molar-refractivity contribution in [3.05, 3.63) is 36.3 Å². The van der Waals surface area contributed by atoms with Gasteiger partial charge in [0.25, 0.3) is 0 Å². The Morgan fingerprint density at radius 1 is 1.35 bits per heavy atom. The van der Waals surface area contributed by atoms with Crippen LogP contribution in [0.2, 0.25) is 0 Å². The van der Waals surface area contributed by atoms with Crippen molar-refractivity contribution < 1.29 is 4.74 Å². The summed E-state index contributed by atoms with van der Waals surface area (Å²) >= 11 is 0. The first-order valence-corrected chi connectivity index (χ1v) is 5.26. The molecule has 0 saturated carbocycles. The van der Waals surface area contributed by atoms with Gasteiger partial charge in [-0.05, 0) is 7.05 Å². The number of aromatic nitrogens is 4. The zero-order valence-electron chi connectivity index (χ0n) is 10.1. The molecule has 2 aromatic heterocycles. The van der Waals surface area contributed by atoms with E-state index in [9.17, 15) is 0 Å². The fourth-order valence-electron chi connectivity index (χ4n) is 1.69. The summed E-state index contributed by atoms with van der Waals surface area (Å²) < 4.78 is 7.05. The van der Waals surface area contributed by atoms with Crippen LogP contribution in [0.25, 0.3) is 0 Å². The maximum atomic E-state index is 5.09. The molecule has 0 aliphatic carbocycles. The van der Waals surface area contributed by atoms with Crippen LogP contribution in [0.3, 0.4) is 0 Å². The summed E-state index contributed by atoms with van der Waals surface area (Å²) in [5.74, 6) is 1.44. The number of hydrogen-bond acceptors (Lipinski definition) is 5. The smallest absolute Gasteiger partial charge is 0.216 e. The maximum absolute atomic E-state index is 5.09. The number of rotatable bonds is 4. The van der Waals surface area contributed by atoms with Crippen LogP contribution in [0.4, 0.5) is 0 Å². The van der Waals surface area contributed by atoms with E-state index in [0.717, 1.165) is 11.5 Å². The Bertz CT molecular complexity index is 496. The Hall–Kier alpha value is -1.95. The van der Waals surface area contributed by atoms with Crippen molar-refractivity contribution in [2.45, 2.75) is 6.04 Å². The van der Waals surface area contributed by atoms with Gasteiger partial charge in [-0.25, -0.2) is 15.0 Å². The Kier molecular flexibility index (Phi) is 3.34. The number of imidazole rings is 1. The Labute approximate surface area is 99.7 Å². The van der Waals surface area contributed by atoms with Crippen molar-refractivity contribution in [2.24, 2.45) is 7.05 Å². The predicted octanol–water partition coefficient (Wildman–Crippen LogP) is 0.527. The van der Waals surface area contributed by atoms with E-state index >= 15 is 0 Å². The molecule has 0 aliphatic rings. The third kappa shape index (κ3) is 2.26. The summed E-state index contributed by atoms with van der Waals surface area (Å²) in [6.45, 7) is 0. The van der Waals surface area contributed by atoms with Gasteiger partial charge in [0.2, 0.25) is 5.88 Å².